The highest BCUT2D eigenvalue weighted by Crippen LogP contribution is 2.36. The normalized spacial score (nSPS) is 22.1. The largest absolute Gasteiger partial charge is 0.478 e. The van der Waals surface area contributed by atoms with E-state index in [1.807, 2.05) is 48.5 Å². The molecule has 1 heterocycles. The Morgan fingerprint density at radius 3 is 1.83 bits per heavy atom. The first kappa shape index (κ1) is 15.5. The van der Waals surface area contributed by atoms with E-state index >= 15 is 0 Å². The summed E-state index contributed by atoms with van der Waals surface area (Å²) < 4.78 is 11.8. The van der Waals surface area contributed by atoms with Gasteiger partial charge < -0.3 is 14.2 Å². The van der Waals surface area contributed by atoms with E-state index < -0.39 is 0 Å². The minimum absolute atomic E-state index is 0.0946. The molecular formula is C13H26BNO3. The molecule has 0 saturated carbocycles. The predicted octanol–water partition coefficient (Wildman–Crippen LogP) is 2.12. The van der Waals surface area contributed by atoms with Crippen molar-refractivity contribution in [3.63, 3.8) is 0 Å². The molecule has 1 rings (SSSR count). The highest BCUT2D eigenvalue weighted by atomic mass is 16.7. The van der Waals surface area contributed by atoms with Crippen LogP contribution in [0.3, 0.4) is 0 Å². The van der Waals surface area contributed by atoms with E-state index in [2.05, 4.69) is 0 Å². The second-order valence-electron chi connectivity index (χ2n) is 7.12. The number of rotatable bonds is 2. The molecule has 1 amide bonds. The average molecular weight is 255 g/mol. The second-order valence-corrected chi connectivity index (χ2v) is 7.12. The molecule has 0 aromatic carbocycles. The van der Waals surface area contributed by atoms with Gasteiger partial charge >= 0.3 is 7.12 Å². The molecule has 18 heavy (non-hydrogen) atoms. The Morgan fingerprint density at radius 1 is 1.11 bits per heavy atom. The number of nitrogens with zero attached hydrogens (tertiary/aromatic N) is 1. The van der Waals surface area contributed by atoms with Crippen molar-refractivity contribution in [2.24, 2.45) is 5.41 Å². The minimum atomic E-state index is -0.377. The van der Waals surface area contributed by atoms with Gasteiger partial charge in [0.15, 0.2) is 0 Å². The number of carbonyl (C=O) groups is 1. The summed E-state index contributed by atoms with van der Waals surface area (Å²) in [7, 11) is 1.44. The van der Waals surface area contributed by atoms with Crippen LogP contribution >= 0.6 is 0 Å². The molecule has 4 nitrogen and oxygen atoms in total. The van der Waals surface area contributed by atoms with Gasteiger partial charge in [0.1, 0.15) is 0 Å². The fourth-order valence-corrected chi connectivity index (χ4v) is 1.92. The lowest BCUT2D eigenvalue weighted by Gasteiger charge is -2.32. The molecule has 0 aliphatic carbocycles. The predicted molar refractivity (Wildman–Crippen MR) is 73.2 cm³/mol. The highest BCUT2D eigenvalue weighted by molar-refractivity contribution is 6.46. The van der Waals surface area contributed by atoms with Crippen LogP contribution in [0.2, 0.25) is 0 Å². The first-order chi connectivity index (χ1) is 7.87. The molecule has 1 aliphatic rings. The third-order valence-corrected chi connectivity index (χ3v) is 3.71. The maximum atomic E-state index is 12.1. The second kappa shape index (κ2) is 4.53. The summed E-state index contributed by atoms with van der Waals surface area (Å²) in [6, 6.07) is 0. The summed E-state index contributed by atoms with van der Waals surface area (Å²) in [6.07, 6.45) is 0.461. The Kier molecular flexibility index (Phi) is 3.90. The fourth-order valence-electron chi connectivity index (χ4n) is 1.92. The molecule has 1 aliphatic heterocycles. The van der Waals surface area contributed by atoms with Crippen LogP contribution in [0, 0.1) is 5.41 Å². The molecule has 0 atom stereocenters. The molecule has 5 heteroatoms. The number of hydrogen-bond acceptors (Lipinski definition) is 3. The Labute approximate surface area is 111 Å². The van der Waals surface area contributed by atoms with Crippen molar-refractivity contribution in [3.05, 3.63) is 0 Å². The van der Waals surface area contributed by atoms with Gasteiger partial charge in [0.05, 0.1) is 17.6 Å². The maximum absolute atomic E-state index is 12.1. The molecule has 0 radical (unpaired) electrons. The van der Waals surface area contributed by atoms with E-state index in [0.717, 1.165) is 0 Å². The first-order valence-electron chi connectivity index (χ1n) is 6.48. The van der Waals surface area contributed by atoms with Gasteiger partial charge in [-0.2, -0.15) is 0 Å². The summed E-state index contributed by atoms with van der Waals surface area (Å²) in [5.41, 5.74) is -1.06. The van der Waals surface area contributed by atoms with E-state index in [-0.39, 0.29) is 29.6 Å². The Balaban J connectivity index is 2.64. The van der Waals surface area contributed by atoms with Gasteiger partial charge in [-0.3, -0.25) is 4.79 Å². The van der Waals surface area contributed by atoms with Crippen molar-refractivity contribution in [2.45, 2.75) is 59.7 Å². The standard InChI is InChI=1S/C13H26BNO3/c1-11(2,3)10(16)15(8)9-14-17-12(4,5)13(6,7)18-14/h9H2,1-8H3. The van der Waals surface area contributed by atoms with E-state index in [4.69, 9.17) is 9.31 Å². The maximum Gasteiger partial charge on any atom is 0.478 e. The summed E-state index contributed by atoms with van der Waals surface area (Å²) in [5.74, 6) is 0.0946. The molecule has 0 bridgehead atoms. The third kappa shape index (κ3) is 3.07. The monoisotopic (exact) mass is 255 g/mol. The molecule has 0 N–H and O–H groups in total. The first-order valence-corrected chi connectivity index (χ1v) is 6.48. The SMILES string of the molecule is CN(CB1OC(C)(C)C(C)(C)O1)C(=O)C(C)(C)C. The molecular weight excluding hydrogens is 229 g/mol. The Morgan fingerprint density at radius 2 is 1.50 bits per heavy atom. The topological polar surface area (TPSA) is 38.8 Å². The van der Waals surface area contributed by atoms with E-state index in [1.165, 1.54) is 0 Å². The zero-order valence-corrected chi connectivity index (χ0v) is 13.0. The van der Waals surface area contributed by atoms with Crippen LogP contribution in [-0.4, -0.2) is 42.6 Å². The van der Waals surface area contributed by atoms with Gasteiger partial charge in [0, 0.05) is 12.5 Å². The minimum Gasteiger partial charge on any atom is -0.402 e. The van der Waals surface area contributed by atoms with Crippen molar-refractivity contribution in [1.82, 2.24) is 4.90 Å². The zero-order valence-electron chi connectivity index (χ0n) is 13.0. The Bertz CT molecular complexity index is 318. The number of hydrogen-bond donors (Lipinski definition) is 0. The third-order valence-electron chi connectivity index (χ3n) is 3.71. The van der Waals surface area contributed by atoms with E-state index in [9.17, 15) is 4.79 Å². The van der Waals surface area contributed by atoms with E-state index in [1.54, 1.807) is 11.9 Å². The van der Waals surface area contributed by atoms with Crippen LogP contribution in [0.1, 0.15) is 48.5 Å². The smallest absolute Gasteiger partial charge is 0.402 e. The summed E-state index contributed by atoms with van der Waals surface area (Å²) >= 11 is 0. The lowest BCUT2D eigenvalue weighted by molar-refractivity contribution is -0.137. The number of carbonyl (C=O) groups excluding carboxylic acids is 1. The molecule has 0 aromatic rings. The van der Waals surface area contributed by atoms with Crippen LogP contribution in [0.5, 0.6) is 0 Å². The average Bonchev–Trinajstić information content (AvgIpc) is 2.31. The summed E-state index contributed by atoms with van der Waals surface area (Å²) in [5, 5.41) is 0. The van der Waals surface area contributed by atoms with Crippen molar-refractivity contribution in [3.8, 4) is 0 Å². The van der Waals surface area contributed by atoms with E-state index in [0.29, 0.717) is 6.44 Å². The van der Waals surface area contributed by atoms with Crippen molar-refractivity contribution < 1.29 is 14.1 Å². The zero-order chi connectivity index (χ0) is 14.4. The van der Waals surface area contributed by atoms with Crippen molar-refractivity contribution in [1.29, 1.82) is 0 Å². The van der Waals surface area contributed by atoms with Crippen LogP contribution < -0.4 is 0 Å². The van der Waals surface area contributed by atoms with Crippen molar-refractivity contribution >= 4 is 13.0 Å². The molecule has 0 spiro atoms. The summed E-state index contributed by atoms with van der Waals surface area (Å²) in [6.45, 7) is 13.8. The van der Waals surface area contributed by atoms with Gasteiger partial charge in [0.25, 0.3) is 0 Å². The molecule has 104 valence electrons. The van der Waals surface area contributed by atoms with Gasteiger partial charge in [-0.05, 0) is 27.7 Å². The van der Waals surface area contributed by atoms with Gasteiger partial charge in [-0.1, -0.05) is 20.8 Å². The quantitative estimate of drug-likeness (QED) is 0.709. The van der Waals surface area contributed by atoms with Gasteiger partial charge in [0.2, 0.25) is 5.91 Å². The van der Waals surface area contributed by atoms with Gasteiger partial charge in [-0.15, -0.1) is 0 Å². The Hall–Kier alpha value is -0.545. The molecule has 1 fully saturated rings. The molecule has 0 aromatic heterocycles. The summed E-state index contributed by atoms with van der Waals surface area (Å²) in [4.78, 5) is 13.8. The van der Waals surface area contributed by atoms with Crippen LogP contribution in [0.4, 0.5) is 0 Å². The highest BCUT2D eigenvalue weighted by Gasteiger charge is 2.51. The number of amides is 1. The lowest BCUT2D eigenvalue weighted by atomic mass is 9.87. The fraction of sp³-hybridized carbons (Fsp3) is 0.923. The van der Waals surface area contributed by atoms with Crippen LogP contribution in [0.15, 0.2) is 0 Å². The van der Waals surface area contributed by atoms with Crippen LogP contribution in [-0.2, 0) is 14.1 Å². The molecule has 0 unspecified atom stereocenters. The van der Waals surface area contributed by atoms with Crippen molar-refractivity contribution in [2.75, 3.05) is 13.5 Å². The van der Waals surface area contributed by atoms with Crippen LogP contribution in [0.25, 0.3) is 0 Å². The molecule has 1 saturated heterocycles. The lowest BCUT2D eigenvalue weighted by Crippen LogP contribution is -2.43. The van der Waals surface area contributed by atoms with Gasteiger partial charge in [-0.25, -0.2) is 0 Å².